The minimum Gasteiger partial charge on any atom is -0.489 e. The van der Waals surface area contributed by atoms with E-state index in [1.165, 1.54) is 5.56 Å². The molecule has 2 aromatic rings. The minimum atomic E-state index is 0.119. The number of hydrogen-bond donors (Lipinski definition) is 1. The van der Waals surface area contributed by atoms with Crippen LogP contribution in [0, 0.1) is 0 Å². The van der Waals surface area contributed by atoms with Crippen molar-refractivity contribution in [2.24, 2.45) is 5.73 Å². The van der Waals surface area contributed by atoms with Gasteiger partial charge in [0, 0.05) is 6.04 Å². The summed E-state index contributed by atoms with van der Waals surface area (Å²) in [6, 6.07) is 18.3. The maximum absolute atomic E-state index is 5.97. The Morgan fingerprint density at radius 3 is 2.28 bits per heavy atom. The second-order valence-corrected chi connectivity index (χ2v) is 4.36. The molecule has 2 aromatic carbocycles. The summed E-state index contributed by atoms with van der Waals surface area (Å²) in [7, 11) is 0. The maximum Gasteiger partial charge on any atom is 0.119 e. The quantitative estimate of drug-likeness (QED) is 0.866. The summed E-state index contributed by atoms with van der Waals surface area (Å²) < 4.78 is 5.72. The predicted molar refractivity (Wildman–Crippen MR) is 74.4 cm³/mol. The lowest BCUT2D eigenvalue weighted by Crippen LogP contribution is -2.08. The first-order valence-corrected chi connectivity index (χ1v) is 6.32. The van der Waals surface area contributed by atoms with Crippen molar-refractivity contribution in [3.8, 4) is 5.75 Å². The van der Waals surface area contributed by atoms with E-state index in [1.54, 1.807) is 0 Å². The molecule has 0 aliphatic carbocycles. The molecule has 0 aromatic heterocycles. The lowest BCUT2D eigenvalue weighted by molar-refractivity contribution is 0.306. The molecule has 0 aliphatic heterocycles. The van der Waals surface area contributed by atoms with E-state index in [-0.39, 0.29) is 6.04 Å². The van der Waals surface area contributed by atoms with Crippen LogP contribution in [0.2, 0.25) is 0 Å². The van der Waals surface area contributed by atoms with Crippen LogP contribution in [0.5, 0.6) is 5.75 Å². The molecule has 0 radical (unpaired) electrons. The summed E-state index contributed by atoms with van der Waals surface area (Å²) in [5.41, 5.74) is 8.30. The average Bonchev–Trinajstić information content (AvgIpc) is 2.46. The van der Waals surface area contributed by atoms with Gasteiger partial charge in [-0.2, -0.15) is 0 Å². The fraction of sp³-hybridized carbons (Fsp3) is 0.250. The van der Waals surface area contributed by atoms with E-state index >= 15 is 0 Å². The van der Waals surface area contributed by atoms with E-state index in [2.05, 4.69) is 19.1 Å². The lowest BCUT2D eigenvalue weighted by atomic mass is 10.1. The number of benzene rings is 2. The SMILES string of the molecule is CCC(N)c1ccc(OCc2ccccc2)cc1. The van der Waals surface area contributed by atoms with Gasteiger partial charge in [0.15, 0.2) is 0 Å². The molecule has 0 saturated carbocycles. The van der Waals surface area contributed by atoms with E-state index in [4.69, 9.17) is 10.5 Å². The molecule has 1 unspecified atom stereocenters. The van der Waals surface area contributed by atoms with Gasteiger partial charge in [-0.3, -0.25) is 0 Å². The third-order valence-corrected chi connectivity index (χ3v) is 3.00. The zero-order valence-corrected chi connectivity index (χ0v) is 10.7. The van der Waals surface area contributed by atoms with Crippen LogP contribution in [0.25, 0.3) is 0 Å². The first-order valence-electron chi connectivity index (χ1n) is 6.32. The van der Waals surface area contributed by atoms with Crippen molar-refractivity contribution in [1.82, 2.24) is 0 Å². The Morgan fingerprint density at radius 2 is 1.67 bits per heavy atom. The van der Waals surface area contributed by atoms with Crippen LogP contribution in [0.1, 0.15) is 30.5 Å². The van der Waals surface area contributed by atoms with E-state index in [0.29, 0.717) is 6.61 Å². The van der Waals surface area contributed by atoms with Crippen molar-refractivity contribution in [2.45, 2.75) is 26.0 Å². The van der Waals surface area contributed by atoms with Gasteiger partial charge >= 0.3 is 0 Å². The van der Waals surface area contributed by atoms with Crippen LogP contribution in [0.15, 0.2) is 54.6 Å². The zero-order valence-electron chi connectivity index (χ0n) is 10.7. The predicted octanol–water partition coefficient (Wildman–Crippen LogP) is 3.68. The Kier molecular flexibility index (Phi) is 4.37. The van der Waals surface area contributed by atoms with E-state index < -0.39 is 0 Å². The number of rotatable bonds is 5. The van der Waals surface area contributed by atoms with Crippen molar-refractivity contribution >= 4 is 0 Å². The minimum absolute atomic E-state index is 0.119. The maximum atomic E-state index is 5.97. The topological polar surface area (TPSA) is 35.2 Å². The number of ether oxygens (including phenoxy) is 1. The summed E-state index contributed by atoms with van der Waals surface area (Å²) in [5, 5.41) is 0. The highest BCUT2D eigenvalue weighted by atomic mass is 16.5. The van der Waals surface area contributed by atoms with Gasteiger partial charge in [0.1, 0.15) is 12.4 Å². The number of hydrogen-bond acceptors (Lipinski definition) is 2. The molecule has 0 aliphatic rings. The second-order valence-electron chi connectivity index (χ2n) is 4.36. The molecule has 2 nitrogen and oxygen atoms in total. The lowest BCUT2D eigenvalue weighted by Gasteiger charge is -2.10. The van der Waals surface area contributed by atoms with Gasteiger partial charge in [0.25, 0.3) is 0 Å². The summed E-state index contributed by atoms with van der Waals surface area (Å²) in [6.07, 6.45) is 0.949. The van der Waals surface area contributed by atoms with Gasteiger partial charge in [-0.1, -0.05) is 49.4 Å². The van der Waals surface area contributed by atoms with Crippen molar-refractivity contribution in [3.63, 3.8) is 0 Å². The van der Waals surface area contributed by atoms with Crippen LogP contribution < -0.4 is 10.5 Å². The van der Waals surface area contributed by atoms with Gasteiger partial charge in [-0.25, -0.2) is 0 Å². The summed E-state index contributed by atoms with van der Waals surface area (Å²) in [6.45, 7) is 2.69. The Balaban J connectivity index is 1.94. The van der Waals surface area contributed by atoms with Gasteiger partial charge in [0.2, 0.25) is 0 Å². The molecule has 1 atom stereocenters. The summed E-state index contributed by atoms with van der Waals surface area (Å²) in [4.78, 5) is 0. The first-order chi connectivity index (χ1) is 8.79. The van der Waals surface area contributed by atoms with Gasteiger partial charge in [-0.15, -0.1) is 0 Å². The third kappa shape index (κ3) is 3.34. The molecular weight excluding hydrogens is 222 g/mol. The van der Waals surface area contributed by atoms with Crippen molar-refractivity contribution < 1.29 is 4.74 Å². The van der Waals surface area contributed by atoms with Crippen LogP contribution in [0.4, 0.5) is 0 Å². The smallest absolute Gasteiger partial charge is 0.119 e. The molecule has 0 amide bonds. The van der Waals surface area contributed by atoms with Crippen LogP contribution >= 0.6 is 0 Å². The summed E-state index contributed by atoms with van der Waals surface area (Å²) >= 11 is 0. The summed E-state index contributed by atoms with van der Waals surface area (Å²) in [5.74, 6) is 0.880. The first kappa shape index (κ1) is 12.7. The molecule has 0 fully saturated rings. The van der Waals surface area contributed by atoms with Crippen molar-refractivity contribution in [1.29, 1.82) is 0 Å². The Labute approximate surface area is 108 Å². The van der Waals surface area contributed by atoms with Crippen LogP contribution in [-0.4, -0.2) is 0 Å². The largest absolute Gasteiger partial charge is 0.489 e. The Hall–Kier alpha value is -1.80. The molecule has 18 heavy (non-hydrogen) atoms. The van der Waals surface area contributed by atoms with Crippen LogP contribution in [0.3, 0.4) is 0 Å². The van der Waals surface area contributed by atoms with Gasteiger partial charge in [0.05, 0.1) is 0 Å². The zero-order chi connectivity index (χ0) is 12.8. The molecule has 2 heteroatoms. The van der Waals surface area contributed by atoms with Crippen molar-refractivity contribution in [3.05, 3.63) is 65.7 Å². The molecule has 94 valence electrons. The Bertz CT molecular complexity index is 464. The molecule has 0 spiro atoms. The Morgan fingerprint density at radius 1 is 1.00 bits per heavy atom. The fourth-order valence-electron chi connectivity index (χ4n) is 1.79. The fourth-order valence-corrected chi connectivity index (χ4v) is 1.79. The molecular formula is C16H19NO. The third-order valence-electron chi connectivity index (χ3n) is 3.00. The van der Waals surface area contributed by atoms with Gasteiger partial charge < -0.3 is 10.5 Å². The standard InChI is InChI=1S/C16H19NO/c1-2-16(17)14-8-10-15(11-9-14)18-12-13-6-4-3-5-7-13/h3-11,16H,2,12,17H2,1H3. The van der Waals surface area contributed by atoms with Crippen LogP contribution in [-0.2, 0) is 6.61 Å². The molecule has 2 N–H and O–H groups in total. The van der Waals surface area contributed by atoms with E-state index in [1.807, 2.05) is 42.5 Å². The average molecular weight is 241 g/mol. The highest BCUT2D eigenvalue weighted by molar-refractivity contribution is 5.29. The van der Waals surface area contributed by atoms with Gasteiger partial charge in [-0.05, 0) is 29.7 Å². The number of nitrogens with two attached hydrogens (primary N) is 1. The van der Waals surface area contributed by atoms with Crippen molar-refractivity contribution in [2.75, 3.05) is 0 Å². The van der Waals surface area contributed by atoms with E-state index in [0.717, 1.165) is 17.7 Å². The normalized spacial score (nSPS) is 12.1. The molecule has 2 rings (SSSR count). The highest BCUT2D eigenvalue weighted by Crippen LogP contribution is 2.19. The second kappa shape index (κ2) is 6.22. The monoisotopic (exact) mass is 241 g/mol. The molecule has 0 bridgehead atoms. The molecule has 0 saturated heterocycles. The highest BCUT2D eigenvalue weighted by Gasteiger charge is 2.03. The van der Waals surface area contributed by atoms with E-state index in [9.17, 15) is 0 Å². The molecule has 0 heterocycles.